The zero-order valence-electron chi connectivity index (χ0n) is 4.09. The molecule has 0 radical (unpaired) electrons. The Morgan fingerprint density at radius 1 is 1.88 bits per heavy atom. The summed E-state index contributed by atoms with van der Waals surface area (Å²) in [6.07, 6.45) is 0.748. The molecule has 4 heteroatoms. The van der Waals surface area contributed by atoms with Gasteiger partial charge in [-0.05, 0) is 0 Å². The van der Waals surface area contributed by atoms with E-state index in [4.69, 9.17) is 0 Å². The van der Waals surface area contributed by atoms with Gasteiger partial charge in [-0.3, -0.25) is 4.79 Å². The van der Waals surface area contributed by atoms with Crippen LogP contribution in [0.15, 0.2) is 0 Å². The lowest BCUT2D eigenvalue weighted by Gasteiger charge is -1.92. The van der Waals surface area contributed by atoms with Gasteiger partial charge < -0.3 is 10.1 Å². The van der Waals surface area contributed by atoms with Gasteiger partial charge in [0.1, 0.15) is 6.29 Å². The molecule has 0 saturated carbocycles. The predicted molar refractivity (Wildman–Crippen MR) is 30.8 cm³/mol. The maximum absolute atomic E-state index is 10.3. The lowest BCUT2D eigenvalue weighted by atomic mass is 10.4. The summed E-state index contributed by atoms with van der Waals surface area (Å²) in [4.78, 5) is 20.2. The van der Waals surface area contributed by atoms with E-state index in [1.165, 1.54) is 0 Å². The number of amides is 1. The van der Waals surface area contributed by atoms with Crippen molar-refractivity contribution in [2.75, 3.05) is 5.75 Å². The number of thioether (sulfide) groups is 1. The third kappa shape index (κ3) is 1.01. The van der Waals surface area contributed by atoms with Crippen molar-refractivity contribution in [2.45, 2.75) is 6.04 Å². The highest BCUT2D eigenvalue weighted by Crippen LogP contribution is 2.10. The molecule has 8 heavy (non-hydrogen) atoms. The van der Waals surface area contributed by atoms with Crippen molar-refractivity contribution < 1.29 is 9.59 Å². The molecule has 44 valence electrons. The molecular weight excluding hydrogens is 126 g/mol. The van der Waals surface area contributed by atoms with Crippen molar-refractivity contribution in [3.8, 4) is 0 Å². The van der Waals surface area contributed by atoms with Crippen LogP contribution in [0.3, 0.4) is 0 Å². The van der Waals surface area contributed by atoms with Gasteiger partial charge in [-0.2, -0.15) is 0 Å². The van der Waals surface area contributed by atoms with Crippen molar-refractivity contribution in [3.63, 3.8) is 0 Å². The zero-order chi connectivity index (χ0) is 5.98. The van der Waals surface area contributed by atoms with Crippen LogP contribution in [-0.4, -0.2) is 23.3 Å². The number of nitrogens with one attached hydrogen (secondary N) is 1. The van der Waals surface area contributed by atoms with E-state index in [-0.39, 0.29) is 11.3 Å². The van der Waals surface area contributed by atoms with Crippen molar-refractivity contribution in [1.29, 1.82) is 0 Å². The van der Waals surface area contributed by atoms with Crippen LogP contribution in [0.5, 0.6) is 0 Å². The molecule has 1 amide bonds. The fourth-order valence-corrected chi connectivity index (χ4v) is 1.20. The van der Waals surface area contributed by atoms with E-state index >= 15 is 0 Å². The second kappa shape index (κ2) is 2.17. The molecule has 1 rings (SSSR count). The first-order valence-corrected chi connectivity index (χ1v) is 3.20. The minimum Gasteiger partial charge on any atom is -0.337 e. The van der Waals surface area contributed by atoms with Crippen molar-refractivity contribution in [1.82, 2.24) is 5.32 Å². The van der Waals surface area contributed by atoms with Crippen LogP contribution in [-0.2, 0) is 4.79 Å². The van der Waals surface area contributed by atoms with Gasteiger partial charge in [-0.15, -0.1) is 0 Å². The lowest BCUT2D eigenvalue weighted by Crippen LogP contribution is -2.26. The molecule has 0 aromatic rings. The summed E-state index contributed by atoms with van der Waals surface area (Å²) in [5.74, 6) is 0.586. The second-order valence-corrected chi connectivity index (χ2v) is 2.48. The quantitative estimate of drug-likeness (QED) is 0.510. The second-order valence-electron chi connectivity index (χ2n) is 1.49. The Morgan fingerprint density at radius 3 is 2.88 bits per heavy atom. The van der Waals surface area contributed by atoms with Crippen LogP contribution in [0, 0.1) is 0 Å². The summed E-state index contributed by atoms with van der Waals surface area (Å²) in [5, 5.41) is 2.36. The third-order valence-electron chi connectivity index (χ3n) is 0.861. The molecule has 1 aliphatic rings. The van der Waals surface area contributed by atoms with E-state index in [2.05, 4.69) is 5.32 Å². The fourth-order valence-electron chi connectivity index (χ4n) is 0.473. The van der Waals surface area contributed by atoms with E-state index in [0.29, 0.717) is 5.75 Å². The molecule has 1 saturated heterocycles. The standard InChI is InChI=1S/C4H5NO2S/c6-1-3-2-8-4(7)5-3/h1,3H,2H2,(H,5,7)/t3-/m0/s1. The van der Waals surface area contributed by atoms with Crippen LogP contribution in [0.2, 0.25) is 0 Å². The van der Waals surface area contributed by atoms with Gasteiger partial charge in [0.05, 0.1) is 6.04 Å². The molecule has 0 spiro atoms. The smallest absolute Gasteiger partial charge is 0.279 e. The normalized spacial score (nSPS) is 27.5. The Balaban J connectivity index is 2.43. The van der Waals surface area contributed by atoms with Crippen molar-refractivity contribution >= 4 is 23.3 Å². The van der Waals surface area contributed by atoms with Gasteiger partial charge in [-0.1, -0.05) is 11.8 Å². The van der Waals surface area contributed by atoms with Gasteiger partial charge in [-0.25, -0.2) is 0 Å². The summed E-state index contributed by atoms with van der Waals surface area (Å²) < 4.78 is 0. The average Bonchev–Trinajstić information content (AvgIpc) is 2.14. The highest BCUT2D eigenvalue weighted by Gasteiger charge is 2.19. The molecule has 1 N–H and O–H groups in total. The van der Waals surface area contributed by atoms with E-state index in [1.807, 2.05) is 0 Å². The van der Waals surface area contributed by atoms with Crippen molar-refractivity contribution in [2.24, 2.45) is 0 Å². The van der Waals surface area contributed by atoms with Gasteiger partial charge in [0.25, 0.3) is 5.24 Å². The molecule has 0 aromatic heterocycles. The Hall–Kier alpha value is -0.510. The number of carbonyl (C=O) groups excluding carboxylic acids is 2. The molecule has 1 atom stereocenters. The zero-order valence-corrected chi connectivity index (χ0v) is 4.90. The first-order chi connectivity index (χ1) is 3.83. The SMILES string of the molecule is O=C[C@H]1CSC(=O)N1. The topological polar surface area (TPSA) is 46.2 Å². The first-order valence-electron chi connectivity index (χ1n) is 2.21. The molecule has 3 nitrogen and oxygen atoms in total. The fraction of sp³-hybridized carbons (Fsp3) is 0.500. The van der Waals surface area contributed by atoms with Crippen LogP contribution < -0.4 is 5.32 Å². The van der Waals surface area contributed by atoms with Crippen LogP contribution in [0.1, 0.15) is 0 Å². The average molecular weight is 131 g/mol. The summed E-state index contributed by atoms with van der Waals surface area (Å²) in [7, 11) is 0. The van der Waals surface area contributed by atoms with Gasteiger partial charge in [0, 0.05) is 5.75 Å². The van der Waals surface area contributed by atoms with E-state index in [9.17, 15) is 9.59 Å². The summed E-state index contributed by atoms with van der Waals surface area (Å²) in [6, 6.07) is -0.243. The van der Waals surface area contributed by atoms with E-state index < -0.39 is 0 Å². The number of hydrogen-bond acceptors (Lipinski definition) is 3. The lowest BCUT2D eigenvalue weighted by molar-refractivity contribution is -0.108. The minimum absolute atomic E-state index is 0.0953. The molecule has 1 aliphatic heterocycles. The van der Waals surface area contributed by atoms with Gasteiger partial charge >= 0.3 is 0 Å². The molecule has 0 unspecified atom stereocenters. The molecule has 1 fully saturated rings. The number of hydrogen-bond donors (Lipinski definition) is 1. The number of rotatable bonds is 1. The summed E-state index contributed by atoms with van der Waals surface area (Å²) >= 11 is 1.15. The summed E-state index contributed by atoms with van der Waals surface area (Å²) in [6.45, 7) is 0. The maximum atomic E-state index is 10.3. The Labute approximate surface area is 50.8 Å². The molecular formula is C4H5NO2S. The highest BCUT2D eigenvalue weighted by molar-refractivity contribution is 8.14. The van der Waals surface area contributed by atoms with E-state index in [1.54, 1.807) is 0 Å². The maximum Gasteiger partial charge on any atom is 0.279 e. The Bertz CT molecular complexity index is 125. The van der Waals surface area contributed by atoms with Crippen molar-refractivity contribution in [3.05, 3.63) is 0 Å². The van der Waals surface area contributed by atoms with Gasteiger partial charge in [0.15, 0.2) is 0 Å². The Morgan fingerprint density at radius 2 is 2.62 bits per heavy atom. The minimum atomic E-state index is -0.243. The van der Waals surface area contributed by atoms with Gasteiger partial charge in [0.2, 0.25) is 0 Å². The molecule has 0 aliphatic carbocycles. The predicted octanol–water partition coefficient (Wildman–Crippen LogP) is 0.0103. The monoisotopic (exact) mass is 131 g/mol. The van der Waals surface area contributed by atoms with Crippen LogP contribution in [0.25, 0.3) is 0 Å². The van der Waals surface area contributed by atoms with E-state index in [0.717, 1.165) is 18.0 Å². The number of carbonyl (C=O) groups is 2. The third-order valence-corrected chi connectivity index (χ3v) is 1.77. The molecule has 0 aromatic carbocycles. The largest absolute Gasteiger partial charge is 0.337 e. The van der Waals surface area contributed by atoms with Crippen LogP contribution in [0.4, 0.5) is 4.79 Å². The van der Waals surface area contributed by atoms with Crippen LogP contribution >= 0.6 is 11.8 Å². The number of aldehydes is 1. The first kappa shape index (κ1) is 5.62. The summed E-state index contributed by atoms with van der Waals surface area (Å²) in [5.41, 5.74) is 0. The molecule has 0 bridgehead atoms. The molecule has 1 heterocycles. The Kier molecular flexibility index (Phi) is 1.53. The highest BCUT2D eigenvalue weighted by atomic mass is 32.2.